The minimum absolute atomic E-state index is 0.0780. The molecule has 1 N–H and O–H groups in total. The number of carbonyl (C=O) groups excluding carboxylic acids is 2. The second kappa shape index (κ2) is 12.6. The summed E-state index contributed by atoms with van der Waals surface area (Å²) in [5.41, 5.74) is 3.10. The van der Waals surface area contributed by atoms with Crippen molar-refractivity contribution in [2.24, 2.45) is 0 Å². The Morgan fingerprint density at radius 2 is 1.45 bits per heavy atom. The normalized spacial score (nSPS) is 14.5. The zero-order valence-corrected chi connectivity index (χ0v) is 24.0. The molecular formula is C31H36FN3O4S. The Kier molecular flexibility index (Phi) is 9.25. The maximum absolute atomic E-state index is 14.0. The van der Waals surface area contributed by atoms with Gasteiger partial charge in [0, 0.05) is 12.6 Å². The molecule has 9 heteroatoms. The van der Waals surface area contributed by atoms with Gasteiger partial charge in [-0.05, 0) is 75.6 Å². The quantitative estimate of drug-likeness (QED) is 0.370. The van der Waals surface area contributed by atoms with Crippen LogP contribution in [0.1, 0.15) is 49.3 Å². The van der Waals surface area contributed by atoms with Gasteiger partial charge in [0.05, 0.1) is 10.6 Å². The molecule has 7 nitrogen and oxygen atoms in total. The molecule has 2 amide bonds. The van der Waals surface area contributed by atoms with Crippen molar-refractivity contribution in [2.75, 3.05) is 10.8 Å². The predicted molar refractivity (Wildman–Crippen MR) is 154 cm³/mol. The molecule has 0 unspecified atom stereocenters. The van der Waals surface area contributed by atoms with Gasteiger partial charge in [0.25, 0.3) is 10.0 Å². The number of anilines is 1. The van der Waals surface area contributed by atoms with Crippen molar-refractivity contribution in [1.82, 2.24) is 10.2 Å². The first-order valence-corrected chi connectivity index (χ1v) is 15.0. The van der Waals surface area contributed by atoms with Gasteiger partial charge in [-0.1, -0.05) is 60.4 Å². The molecule has 1 atom stereocenters. The van der Waals surface area contributed by atoms with E-state index in [9.17, 15) is 22.4 Å². The lowest BCUT2D eigenvalue weighted by atomic mass is 10.1. The zero-order chi connectivity index (χ0) is 28.9. The van der Waals surface area contributed by atoms with Crippen LogP contribution in [0.2, 0.25) is 0 Å². The van der Waals surface area contributed by atoms with Crippen molar-refractivity contribution in [3.05, 3.63) is 95.3 Å². The Balaban J connectivity index is 1.67. The number of sulfonamides is 1. The van der Waals surface area contributed by atoms with Crippen LogP contribution >= 0.6 is 0 Å². The predicted octanol–water partition coefficient (Wildman–Crippen LogP) is 5.11. The fourth-order valence-electron chi connectivity index (χ4n) is 4.84. The van der Waals surface area contributed by atoms with Crippen molar-refractivity contribution in [1.29, 1.82) is 0 Å². The number of nitrogens with zero attached hydrogens (tertiary/aromatic N) is 2. The maximum Gasteiger partial charge on any atom is 0.264 e. The summed E-state index contributed by atoms with van der Waals surface area (Å²) >= 11 is 0. The summed E-state index contributed by atoms with van der Waals surface area (Å²) in [6, 6.07) is 18.2. The highest BCUT2D eigenvalue weighted by atomic mass is 32.2. The molecule has 3 aromatic rings. The van der Waals surface area contributed by atoms with Crippen molar-refractivity contribution < 1.29 is 22.4 Å². The van der Waals surface area contributed by atoms with E-state index in [0.717, 1.165) is 58.8 Å². The zero-order valence-electron chi connectivity index (χ0n) is 23.1. The lowest BCUT2D eigenvalue weighted by Gasteiger charge is -2.32. The molecule has 1 fully saturated rings. The van der Waals surface area contributed by atoms with Crippen LogP contribution in [0.5, 0.6) is 0 Å². The van der Waals surface area contributed by atoms with Crippen LogP contribution in [0.25, 0.3) is 0 Å². The van der Waals surface area contributed by atoms with Crippen LogP contribution in [-0.2, 0) is 26.2 Å². The van der Waals surface area contributed by atoms with Gasteiger partial charge >= 0.3 is 0 Å². The Morgan fingerprint density at radius 1 is 0.900 bits per heavy atom. The molecule has 1 aliphatic rings. The molecule has 4 rings (SSSR count). The Morgan fingerprint density at radius 3 is 2.02 bits per heavy atom. The van der Waals surface area contributed by atoms with Crippen molar-refractivity contribution in [3.63, 3.8) is 0 Å². The number of hydrogen-bond acceptors (Lipinski definition) is 4. The summed E-state index contributed by atoms with van der Waals surface area (Å²) in [5, 5.41) is 3.06. The van der Waals surface area contributed by atoms with Gasteiger partial charge in [-0.25, -0.2) is 12.8 Å². The molecule has 1 saturated carbocycles. The summed E-state index contributed by atoms with van der Waals surface area (Å²) in [5.74, 6) is -1.36. The van der Waals surface area contributed by atoms with Gasteiger partial charge in [0.2, 0.25) is 11.8 Å². The Hall–Kier alpha value is -3.72. The molecule has 0 spiro atoms. The number of halogens is 1. The topological polar surface area (TPSA) is 86.8 Å². The molecular weight excluding hydrogens is 529 g/mol. The molecule has 3 aromatic carbocycles. The van der Waals surface area contributed by atoms with E-state index < -0.39 is 34.3 Å². The van der Waals surface area contributed by atoms with E-state index in [1.807, 2.05) is 38.1 Å². The highest BCUT2D eigenvalue weighted by molar-refractivity contribution is 7.92. The smallest absolute Gasteiger partial charge is 0.264 e. The van der Waals surface area contributed by atoms with Gasteiger partial charge in [-0.3, -0.25) is 13.9 Å². The van der Waals surface area contributed by atoms with E-state index in [4.69, 9.17) is 0 Å². The van der Waals surface area contributed by atoms with Crippen LogP contribution in [-0.4, -0.2) is 43.8 Å². The number of carbonyl (C=O) groups is 2. The minimum Gasteiger partial charge on any atom is -0.352 e. The number of nitrogens with one attached hydrogen (secondary N) is 1. The van der Waals surface area contributed by atoms with Crippen molar-refractivity contribution in [2.45, 2.75) is 70.0 Å². The average Bonchev–Trinajstić information content (AvgIpc) is 3.44. The third kappa shape index (κ3) is 7.07. The summed E-state index contributed by atoms with van der Waals surface area (Å²) in [4.78, 5) is 28.5. The Bertz CT molecular complexity index is 1420. The van der Waals surface area contributed by atoms with E-state index in [1.54, 1.807) is 31.2 Å². The SMILES string of the molecule is Cc1ccc(CN(C(=O)CN(c2ccc(C)cc2)S(=O)(=O)c2ccc(F)cc2)[C@@H](C)C(=O)NC2CCCC2)cc1. The summed E-state index contributed by atoms with van der Waals surface area (Å²) in [6.07, 6.45) is 3.92. The molecule has 1 aliphatic carbocycles. The lowest BCUT2D eigenvalue weighted by Crippen LogP contribution is -2.52. The summed E-state index contributed by atoms with van der Waals surface area (Å²) in [6.45, 7) is 5.11. The second-order valence-electron chi connectivity index (χ2n) is 10.5. The highest BCUT2D eigenvalue weighted by Crippen LogP contribution is 2.25. The molecule has 40 heavy (non-hydrogen) atoms. The van der Waals surface area contributed by atoms with Gasteiger partial charge in [0.15, 0.2) is 0 Å². The number of aryl methyl sites for hydroxylation is 2. The highest BCUT2D eigenvalue weighted by Gasteiger charge is 2.33. The fourth-order valence-corrected chi connectivity index (χ4v) is 6.25. The third-order valence-corrected chi connectivity index (χ3v) is 9.13. The van der Waals surface area contributed by atoms with Crippen molar-refractivity contribution in [3.8, 4) is 0 Å². The van der Waals surface area contributed by atoms with E-state index in [0.29, 0.717) is 5.69 Å². The number of benzene rings is 3. The van der Waals surface area contributed by atoms with Gasteiger partial charge in [-0.2, -0.15) is 0 Å². The number of rotatable bonds is 10. The van der Waals surface area contributed by atoms with E-state index in [2.05, 4.69) is 5.32 Å². The first-order chi connectivity index (χ1) is 19.0. The molecule has 212 valence electrons. The first kappa shape index (κ1) is 29.3. The third-order valence-electron chi connectivity index (χ3n) is 7.34. The molecule has 0 aliphatic heterocycles. The Labute approximate surface area is 236 Å². The van der Waals surface area contributed by atoms with Crippen LogP contribution in [0.4, 0.5) is 10.1 Å². The fraction of sp³-hybridized carbons (Fsp3) is 0.355. The number of amides is 2. The molecule has 0 aromatic heterocycles. The molecule has 0 radical (unpaired) electrons. The van der Waals surface area contributed by atoms with Gasteiger partial charge in [0.1, 0.15) is 18.4 Å². The van der Waals surface area contributed by atoms with Gasteiger partial charge < -0.3 is 10.2 Å². The molecule has 0 saturated heterocycles. The minimum atomic E-state index is -4.24. The molecule has 0 bridgehead atoms. The summed E-state index contributed by atoms with van der Waals surface area (Å²) < 4.78 is 42.2. The first-order valence-electron chi connectivity index (χ1n) is 13.5. The number of hydrogen-bond donors (Lipinski definition) is 1. The monoisotopic (exact) mass is 565 g/mol. The lowest BCUT2D eigenvalue weighted by molar-refractivity contribution is -0.139. The largest absolute Gasteiger partial charge is 0.352 e. The van der Waals surface area contributed by atoms with Gasteiger partial charge in [-0.15, -0.1) is 0 Å². The molecule has 0 heterocycles. The van der Waals surface area contributed by atoms with Crippen LogP contribution in [0.15, 0.2) is 77.7 Å². The van der Waals surface area contributed by atoms with E-state index in [-0.39, 0.29) is 23.4 Å². The second-order valence-corrected chi connectivity index (χ2v) is 12.3. The van der Waals surface area contributed by atoms with Crippen LogP contribution < -0.4 is 9.62 Å². The van der Waals surface area contributed by atoms with Crippen LogP contribution in [0, 0.1) is 19.7 Å². The van der Waals surface area contributed by atoms with E-state index in [1.165, 1.54) is 17.0 Å². The van der Waals surface area contributed by atoms with Crippen molar-refractivity contribution >= 4 is 27.5 Å². The summed E-state index contributed by atoms with van der Waals surface area (Å²) in [7, 11) is -4.24. The standard InChI is InChI=1S/C31H36FN3O4S/c1-22-8-12-25(13-9-22)20-34(24(3)31(37)33-27-6-4-5-7-27)30(36)21-35(28-16-10-23(2)11-17-28)40(38,39)29-18-14-26(32)15-19-29/h8-19,24,27H,4-7,20-21H2,1-3H3,(H,33,37)/t24-/m0/s1. The van der Waals surface area contributed by atoms with Crippen LogP contribution in [0.3, 0.4) is 0 Å². The maximum atomic E-state index is 14.0. The van der Waals surface area contributed by atoms with E-state index >= 15 is 0 Å². The average molecular weight is 566 g/mol.